The molecule has 8 heteroatoms. The third-order valence-electron chi connectivity index (χ3n) is 1.65. The molecule has 2 aromatic rings. The zero-order valence-corrected chi connectivity index (χ0v) is 10.5. The number of ether oxygens (including phenoxy) is 1. The number of benzene rings is 1. The van der Waals surface area contributed by atoms with Gasteiger partial charge in [-0.15, -0.1) is 0 Å². The summed E-state index contributed by atoms with van der Waals surface area (Å²) in [5, 5.41) is 0.807. The lowest BCUT2D eigenvalue weighted by atomic mass is 10.3. The Hall–Kier alpha value is -1.30. The molecule has 1 aromatic heterocycles. The van der Waals surface area contributed by atoms with Crippen LogP contribution in [-0.4, -0.2) is 15.0 Å². The molecule has 2 N–H and O–H groups in total. The highest BCUT2D eigenvalue weighted by atomic mass is 35.5. The predicted octanol–water partition coefficient (Wildman–Crippen LogP) is 3.21. The van der Waals surface area contributed by atoms with Crippen LogP contribution >= 0.6 is 34.8 Å². The molecule has 88 valence electrons. The third-order valence-corrected chi connectivity index (χ3v) is 2.26. The number of halogens is 3. The number of hydrogen-bond donors (Lipinski definition) is 1. The van der Waals surface area contributed by atoms with E-state index in [1.54, 1.807) is 18.2 Å². The maximum absolute atomic E-state index is 5.81. The molecule has 0 atom stereocenters. The molecule has 0 amide bonds. The number of hydrogen-bond acceptors (Lipinski definition) is 5. The minimum absolute atomic E-state index is 0.0270. The van der Waals surface area contributed by atoms with Gasteiger partial charge in [-0.2, -0.15) is 15.0 Å². The first-order valence-electron chi connectivity index (χ1n) is 4.34. The summed E-state index contributed by atoms with van der Waals surface area (Å²) in [6.45, 7) is 0. The Morgan fingerprint density at radius 3 is 2.18 bits per heavy atom. The fourth-order valence-electron chi connectivity index (χ4n) is 1.08. The van der Waals surface area contributed by atoms with Crippen molar-refractivity contribution in [3.05, 3.63) is 33.5 Å². The average Bonchev–Trinajstić information content (AvgIpc) is 2.13. The van der Waals surface area contributed by atoms with Gasteiger partial charge in [0.05, 0.1) is 0 Å². The van der Waals surface area contributed by atoms with Crippen LogP contribution < -0.4 is 10.5 Å². The minimum Gasteiger partial charge on any atom is -0.424 e. The predicted molar refractivity (Wildman–Crippen MR) is 65.8 cm³/mol. The number of rotatable bonds is 2. The van der Waals surface area contributed by atoms with Crippen molar-refractivity contribution in [2.45, 2.75) is 0 Å². The van der Waals surface area contributed by atoms with Crippen molar-refractivity contribution >= 4 is 40.8 Å². The van der Waals surface area contributed by atoms with Crippen molar-refractivity contribution in [2.24, 2.45) is 0 Å². The first-order valence-corrected chi connectivity index (χ1v) is 5.47. The van der Waals surface area contributed by atoms with Crippen molar-refractivity contribution in [3.8, 4) is 11.8 Å². The summed E-state index contributed by atoms with van der Waals surface area (Å²) in [7, 11) is 0. The Morgan fingerprint density at radius 2 is 1.59 bits per heavy atom. The zero-order valence-electron chi connectivity index (χ0n) is 8.19. The van der Waals surface area contributed by atoms with E-state index >= 15 is 0 Å². The fourth-order valence-corrected chi connectivity index (χ4v) is 1.75. The van der Waals surface area contributed by atoms with Crippen LogP contribution in [0.1, 0.15) is 0 Å². The van der Waals surface area contributed by atoms with Gasteiger partial charge in [-0.3, -0.25) is 0 Å². The second-order valence-corrected chi connectivity index (χ2v) is 4.16. The number of nitrogens with zero attached hydrogens (tertiary/aromatic N) is 3. The molecule has 0 fully saturated rings. The summed E-state index contributed by atoms with van der Waals surface area (Å²) in [4.78, 5) is 11.1. The Bertz CT molecular complexity index is 474. The second-order valence-electron chi connectivity index (χ2n) is 2.95. The van der Waals surface area contributed by atoms with Crippen molar-refractivity contribution in [1.82, 2.24) is 15.0 Å². The molecule has 0 saturated carbocycles. The van der Waals surface area contributed by atoms with Crippen LogP contribution in [0.2, 0.25) is 15.3 Å². The molecule has 5 nitrogen and oxygen atoms in total. The second kappa shape index (κ2) is 4.91. The van der Waals surface area contributed by atoms with Gasteiger partial charge in [0.15, 0.2) is 0 Å². The highest BCUT2D eigenvalue weighted by molar-refractivity contribution is 6.34. The Balaban J connectivity index is 2.31. The summed E-state index contributed by atoms with van der Waals surface area (Å²) in [6, 6.07) is 4.66. The van der Waals surface area contributed by atoms with E-state index in [0.29, 0.717) is 15.8 Å². The highest BCUT2D eigenvalue weighted by Gasteiger charge is 2.06. The smallest absolute Gasteiger partial charge is 0.328 e. The summed E-state index contributed by atoms with van der Waals surface area (Å²) >= 11 is 17.2. The van der Waals surface area contributed by atoms with Crippen LogP contribution in [0.4, 0.5) is 5.95 Å². The van der Waals surface area contributed by atoms with Gasteiger partial charge in [0.2, 0.25) is 11.2 Å². The van der Waals surface area contributed by atoms with Crippen LogP contribution in [0.25, 0.3) is 0 Å². The zero-order chi connectivity index (χ0) is 12.4. The maximum Gasteiger partial charge on any atom is 0.328 e. The molecule has 0 aliphatic carbocycles. The van der Waals surface area contributed by atoms with Gasteiger partial charge in [0.25, 0.3) is 0 Å². The Morgan fingerprint density at radius 1 is 0.941 bits per heavy atom. The van der Waals surface area contributed by atoms with Crippen molar-refractivity contribution < 1.29 is 4.74 Å². The molecule has 0 unspecified atom stereocenters. The van der Waals surface area contributed by atoms with Gasteiger partial charge >= 0.3 is 6.01 Å². The molecule has 0 bridgehead atoms. The molecule has 0 saturated heterocycles. The lowest BCUT2D eigenvalue weighted by Crippen LogP contribution is -2.00. The summed E-state index contributed by atoms with van der Waals surface area (Å²) in [6.07, 6.45) is 0. The fraction of sp³-hybridized carbons (Fsp3) is 0. The van der Waals surface area contributed by atoms with Gasteiger partial charge in [-0.25, -0.2) is 0 Å². The van der Waals surface area contributed by atoms with Gasteiger partial charge in [-0.1, -0.05) is 23.2 Å². The van der Waals surface area contributed by atoms with Crippen LogP contribution in [0.15, 0.2) is 18.2 Å². The van der Waals surface area contributed by atoms with E-state index in [9.17, 15) is 0 Å². The number of nitrogen functional groups attached to an aromatic ring is 1. The lowest BCUT2D eigenvalue weighted by Gasteiger charge is -2.05. The molecule has 0 radical (unpaired) electrons. The third kappa shape index (κ3) is 3.33. The minimum atomic E-state index is -0.0550. The summed E-state index contributed by atoms with van der Waals surface area (Å²) in [5.41, 5.74) is 5.39. The average molecular weight is 292 g/mol. The van der Waals surface area contributed by atoms with Crippen molar-refractivity contribution in [3.63, 3.8) is 0 Å². The Labute approximate surface area is 112 Å². The number of aromatic nitrogens is 3. The van der Waals surface area contributed by atoms with E-state index in [1.165, 1.54) is 0 Å². The summed E-state index contributed by atoms with van der Waals surface area (Å²) < 4.78 is 5.31. The highest BCUT2D eigenvalue weighted by Crippen LogP contribution is 2.27. The van der Waals surface area contributed by atoms with Crippen LogP contribution in [-0.2, 0) is 0 Å². The molecule has 2 rings (SSSR count). The quantitative estimate of drug-likeness (QED) is 0.919. The topological polar surface area (TPSA) is 73.9 Å². The van der Waals surface area contributed by atoms with Crippen LogP contribution in [0.3, 0.4) is 0 Å². The standard InChI is InChI=1S/C9H5Cl3N4O/c10-4-1-5(11)3-6(2-4)17-9-15-7(12)14-8(13)16-9/h1-3H,(H2,13,14,15,16). The normalized spacial score (nSPS) is 10.3. The largest absolute Gasteiger partial charge is 0.424 e. The number of anilines is 1. The van der Waals surface area contributed by atoms with E-state index in [1.807, 2.05) is 0 Å². The summed E-state index contributed by atoms with van der Waals surface area (Å²) in [5.74, 6) is 0.345. The molecule has 0 aliphatic heterocycles. The van der Waals surface area contributed by atoms with Gasteiger partial charge in [0.1, 0.15) is 5.75 Å². The van der Waals surface area contributed by atoms with E-state index in [-0.39, 0.29) is 17.2 Å². The first kappa shape index (κ1) is 12.2. The van der Waals surface area contributed by atoms with Crippen molar-refractivity contribution in [1.29, 1.82) is 0 Å². The number of nitrogens with two attached hydrogens (primary N) is 1. The van der Waals surface area contributed by atoms with E-state index in [0.717, 1.165) is 0 Å². The van der Waals surface area contributed by atoms with Gasteiger partial charge in [0, 0.05) is 10.0 Å². The molecule has 0 aliphatic rings. The maximum atomic E-state index is 5.81. The molecule has 1 heterocycles. The van der Waals surface area contributed by atoms with Crippen LogP contribution in [0, 0.1) is 0 Å². The van der Waals surface area contributed by atoms with Crippen molar-refractivity contribution in [2.75, 3.05) is 5.73 Å². The first-order chi connectivity index (χ1) is 8.02. The van der Waals surface area contributed by atoms with E-state index in [4.69, 9.17) is 45.3 Å². The Kier molecular flexibility index (Phi) is 3.51. The van der Waals surface area contributed by atoms with Crippen LogP contribution in [0.5, 0.6) is 11.8 Å². The van der Waals surface area contributed by atoms with Gasteiger partial charge < -0.3 is 10.5 Å². The molecular formula is C9H5Cl3N4O. The monoisotopic (exact) mass is 290 g/mol. The van der Waals surface area contributed by atoms with Gasteiger partial charge in [-0.05, 0) is 29.8 Å². The molecule has 1 aromatic carbocycles. The molecule has 17 heavy (non-hydrogen) atoms. The lowest BCUT2D eigenvalue weighted by molar-refractivity contribution is 0.441. The van der Waals surface area contributed by atoms with E-state index < -0.39 is 0 Å². The molecular weight excluding hydrogens is 286 g/mol. The molecule has 0 spiro atoms. The SMILES string of the molecule is Nc1nc(Cl)nc(Oc2cc(Cl)cc(Cl)c2)n1. The van der Waals surface area contributed by atoms with E-state index in [2.05, 4.69) is 15.0 Å².